The van der Waals surface area contributed by atoms with Gasteiger partial charge in [-0.25, -0.2) is 8.42 Å². The van der Waals surface area contributed by atoms with E-state index in [2.05, 4.69) is 24.2 Å². The van der Waals surface area contributed by atoms with Crippen LogP contribution in [0.1, 0.15) is 50.7 Å². The number of fused-ring (bicyclic) bond motifs is 1. The lowest BCUT2D eigenvalue weighted by atomic mass is 10.1. The van der Waals surface area contributed by atoms with Gasteiger partial charge in [0.25, 0.3) is 5.91 Å². The second-order valence-electron chi connectivity index (χ2n) is 12.0. The predicted molar refractivity (Wildman–Crippen MR) is 186 cm³/mol. The number of ether oxygens (including phenoxy) is 5. The zero-order valence-corrected chi connectivity index (χ0v) is 28.9. The summed E-state index contributed by atoms with van der Waals surface area (Å²) in [6.07, 6.45) is 4.73. The van der Waals surface area contributed by atoms with Crippen LogP contribution in [0.2, 0.25) is 0 Å². The van der Waals surface area contributed by atoms with Gasteiger partial charge < -0.3 is 29.0 Å². The van der Waals surface area contributed by atoms with E-state index >= 15 is 0 Å². The molecule has 0 aromatic heterocycles. The van der Waals surface area contributed by atoms with Gasteiger partial charge in [0.15, 0.2) is 21.3 Å². The van der Waals surface area contributed by atoms with E-state index in [0.717, 1.165) is 44.6 Å². The van der Waals surface area contributed by atoms with Crippen LogP contribution in [0.3, 0.4) is 0 Å². The van der Waals surface area contributed by atoms with Crippen molar-refractivity contribution >= 4 is 27.5 Å². The number of hydrogen-bond donors (Lipinski definition) is 1. The molecule has 1 fully saturated rings. The zero-order valence-electron chi connectivity index (χ0n) is 28.0. The number of sulfone groups is 1. The van der Waals surface area contributed by atoms with Crippen molar-refractivity contribution in [2.75, 3.05) is 57.8 Å². The van der Waals surface area contributed by atoms with Gasteiger partial charge in [0.05, 0.1) is 23.9 Å². The number of nitrogens with zero attached hydrogens (tertiary/aromatic N) is 1. The molecule has 48 heavy (non-hydrogen) atoms. The first-order valence-electron chi connectivity index (χ1n) is 16.7. The normalized spacial score (nSPS) is 16.0. The van der Waals surface area contributed by atoms with Crippen LogP contribution in [0.5, 0.6) is 23.0 Å². The van der Waals surface area contributed by atoms with Gasteiger partial charge in [0, 0.05) is 49.7 Å². The Balaban J connectivity index is 1.27. The molecule has 0 radical (unpaired) electrons. The minimum Gasteiger partial charge on any atom is -0.490 e. The van der Waals surface area contributed by atoms with Crippen LogP contribution in [-0.2, 0) is 30.7 Å². The number of hydrogen-bond acceptors (Lipinski definition) is 9. The van der Waals surface area contributed by atoms with Gasteiger partial charge in [-0.1, -0.05) is 19.1 Å². The standard InChI is InChI=1S/C37H46N2O8S/c1-4-17-43-20-21-46-34-12-10-33(25-35(34)45-5-2)47-32-11-13-36-29(24-32)23-28(16-22-48(36,41)42)37(40)38-30-8-6-27(7-9-30)26-39(3)31-14-18-44-19-15-31/h6-13,23-25,31H,4-5,14-22,26H2,1-3H3,(H,38,40). The largest absolute Gasteiger partial charge is 0.490 e. The first kappa shape index (κ1) is 35.4. The molecule has 5 rings (SSSR count). The van der Waals surface area contributed by atoms with E-state index in [0.29, 0.717) is 72.3 Å². The molecule has 0 bridgehead atoms. The molecule has 0 saturated carbocycles. The minimum atomic E-state index is -3.62. The van der Waals surface area contributed by atoms with Gasteiger partial charge >= 0.3 is 0 Å². The van der Waals surface area contributed by atoms with E-state index in [-0.39, 0.29) is 23.0 Å². The highest BCUT2D eigenvalue weighted by Gasteiger charge is 2.25. The Morgan fingerprint density at radius 2 is 1.67 bits per heavy atom. The maximum absolute atomic E-state index is 13.4. The fourth-order valence-corrected chi connectivity index (χ4v) is 7.22. The van der Waals surface area contributed by atoms with Crippen LogP contribution in [0.4, 0.5) is 5.69 Å². The van der Waals surface area contributed by atoms with Crippen molar-refractivity contribution in [1.82, 2.24) is 4.90 Å². The number of carbonyl (C=O) groups excluding carboxylic acids is 1. The Labute approximate surface area is 283 Å². The monoisotopic (exact) mass is 678 g/mol. The highest BCUT2D eigenvalue weighted by molar-refractivity contribution is 7.91. The summed E-state index contributed by atoms with van der Waals surface area (Å²) in [6.45, 7) is 8.33. The van der Waals surface area contributed by atoms with Crippen LogP contribution in [0.15, 0.2) is 71.1 Å². The number of benzene rings is 3. The average molecular weight is 679 g/mol. The maximum Gasteiger partial charge on any atom is 0.251 e. The molecule has 0 spiro atoms. The fraction of sp³-hybridized carbons (Fsp3) is 0.432. The van der Waals surface area contributed by atoms with Crippen molar-refractivity contribution in [2.45, 2.75) is 57.0 Å². The third-order valence-electron chi connectivity index (χ3n) is 8.32. The van der Waals surface area contributed by atoms with Gasteiger partial charge in [-0.3, -0.25) is 9.69 Å². The number of carbonyl (C=O) groups is 1. The van der Waals surface area contributed by atoms with Crippen LogP contribution in [-0.4, -0.2) is 77.7 Å². The molecule has 1 amide bonds. The molecule has 2 aliphatic rings. The van der Waals surface area contributed by atoms with Crippen molar-refractivity contribution in [3.63, 3.8) is 0 Å². The molecule has 0 atom stereocenters. The summed E-state index contributed by atoms with van der Waals surface area (Å²) in [5, 5.41) is 2.95. The second-order valence-corrected chi connectivity index (χ2v) is 14.0. The molecule has 2 aliphatic heterocycles. The smallest absolute Gasteiger partial charge is 0.251 e. The molecule has 1 saturated heterocycles. The molecule has 0 aliphatic carbocycles. The van der Waals surface area contributed by atoms with Crippen molar-refractivity contribution in [1.29, 1.82) is 0 Å². The molecule has 0 unspecified atom stereocenters. The highest BCUT2D eigenvalue weighted by Crippen LogP contribution is 2.36. The summed E-state index contributed by atoms with van der Waals surface area (Å²) in [5.41, 5.74) is 2.57. The van der Waals surface area contributed by atoms with Gasteiger partial charge in [0.2, 0.25) is 0 Å². The number of rotatable bonds is 15. The maximum atomic E-state index is 13.4. The topological polar surface area (TPSA) is 113 Å². The predicted octanol–water partition coefficient (Wildman–Crippen LogP) is 6.49. The van der Waals surface area contributed by atoms with Gasteiger partial charge in [-0.2, -0.15) is 0 Å². The van der Waals surface area contributed by atoms with E-state index in [1.807, 2.05) is 31.2 Å². The van der Waals surface area contributed by atoms with E-state index in [1.54, 1.807) is 36.4 Å². The van der Waals surface area contributed by atoms with Crippen molar-refractivity contribution in [3.05, 3.63) is 77.4 Å². The van der Waals surface area contributed by atoms with Crippen molar-refractivity contribution in [3.8, 4) is 23.0 Å². The molecule has 10 nitrogen and oxygen atoms in total. The molecule has 11 heteroatoms. The molecular formula is C37H46N2O8S. The van der Waals surface area contributed by atoms with E-state index in [1.165, 1.54) is 6.07 Å². The number of amides is 1. The molecule has 1 N–H and O–H groups in total. The molecular weight excluding hydrogens is 632 g/mol. The van der Waals surface area contributed by atoms with Gasteiger partial charge in [0.1, 0.15) is 18.1 Å². The lowest BCUT2D eigenvalue weighted by molar-refractivity contribution is -0.112. The summed E-state index contributed by atoms with van der Waals surface area (Å²) < 4.78 is 55.1. The van der Waals surface area contributed by atoms with Crippen LogP contribution < -0.4 is 19.5 Å². The van der Waals surface area contributed by atoms with E-state index in [4.69, 9.17) is 23.7 Å². The Bertz CT molecular complexity index is 1670. The zero-order chi connectivity index (χ0) is 33.9. The fourth-order valence-electron chi connectivity index (χ4n) is 5.76. The minimum absolute atomic E-state index is 0.0929. The Morgan fingerprint density at radius 1 is 0.917 bits per heavy atom. The van der Waals surface area contributed by atoms with Gasteiger partial charge in [-0.05, 0) is 99.3 Å². The van der Waals surface area contributed by atoms with Crippen LogP contribution in [0.25, 0.3) is 6.08 Å². The Morgan fingerprint density at radius 3 is 2.42 bits per heavy atom. The number of anilines is 1. The third-order valence-corrected chi connectivity index (χ3v) is 10.1. The molecule has 3 aromatic carbocycles. The summed E-state index contributed by atoms with van der Waals surface area (Å²) >= 11 is 0. The number of nitrogens with one attached hydrogen (secondary N) is 1. The lowest BCUT2D eigenvalue weighted by Crippen LogP contribution is -2.36. The first-order valence-corrected chi connectivity index (χ1v) is 18.3. The highest BCUT2D eigenvalue weighted by atomic mass is 32.2. The molecule has 258 valence electrons. The van der Waals surface area contributed by atoms with Crippen molar-refractivity contribution in [2.24, 2.45) is 0 Å². The SMILES string of the molecule is CCCOCCOc1ccc(Oc2ccc3c(c2)C=C(C(=O)Nc2ccc(CN(C)C4CCOCC4)cc2)CCS3(=O)=O)cc1OCC. The molecule has 2 heterocycles. The Kier molecular flexibility index (Phi) is 12.5. The van der Waals surface area contributed by atoms with Crippen LogP contribution in [0, 0.1) is 0 Å². The average Bonchev–Trinajstić information content (AvgIpc) is 3.22. The van der Waals surface area contributed by atoms with E-state index in [9.17, 15) is 13.2 Å². The summed E-state index contributed by atoms with van der Waals surface area (Å²) in [4.78, 5) is 15.9. The van der Waals surface area contributed by atoms with Crippen molar-refractivity contribution < 1.29 is 36.9 Å². The van der Waals surface area contributed by atoms with Gasteiger partial charge in [-0.15, -0.1) is 0 Å². The summed E-state index contributed by atoms with van der Waals surface area (Å²) in [7, 11) is -1.49. The second kappa shape index (κ2) is 17.0. The van der Waals surface area contributed by atoms with E-state index < -0.39 is 9.84 Å². The lowest BCUT2D eigenvalue weighted by Gasteiger charge is -2.31. The quantitative estimate of drug-likeness (QED) is 0.180. The molecule has 3 aromatic rings. The Hall–Kier alpha value is -3.90. The summed E-state index contributed by atoms with van der Waals surface area (Å²) in [5.74, 6) is 1.52. The summed E-state index contributed by atoms with van der Waals surface area (Å²) in [6, 6.07) is 18.3. The first-order chi connectivity index (χ1) is 23.3. The van der Waals surface area contributed by atoms with Crippen LogP contribution >= 0.6 is 0 Å². The third kappa shape index (κ3) is 9.59.